The van der Waals surface area contributed by atoms with Gasteiger partial charge in [0.15, 0.2) is 0 Å². The van der Waals surface area contributed by atoms with E-state index in [2.05, 4.69) is 50.3 Å². The first-order valence-corrected chi connectivity index (χ1v) is 12.6. The number of hydrogen-bond acceptors (Lipinski definition) is 7. The Labute approximate surface area is 222 Å². The Morgan fingerprint density at radius 2 is 1.95 bits per heavy atom. The molecule has 1 aromatic heterocycles. The third kappa shape index (κ3) is 6.47. The second-order valence-corrected chi connectivity index (χ2v) is 9.12. The molecular formula is C29H32FN7O. The molecule has 0 saturated carbocycles. The molecule has 9 heteroatoms. The lowest BCUT2D eigenvalue weighted by Crippen LogP contribution is -2.46. The van der Waals surface area contributed by atoms with Gasteiger partial charge in [0.05, 0.1) is 22.6 Å². The number of halogens is 1. The quantitative estimate of drug-likeness (QED) is 0.335. The first-order valence-electron chi connectivity index (χ1n) is 12.6. The SMILES string of the molecule is C=CC(=O)Nc1cc(N2CCN(CC)CC2)ccc1Nc1cc(NC(C)c2cccc(F)c2)c(C#N)cn1. The highest BCUT2D eigenvalue weighted by molar-refractivity contribution is 6.02. The molecule has 3 N–H and O–H groups in total. The fourth-order valence-electron chi connectivity index (χ4n) is 4.41. The van der Waals surface area contributed by atoms with Gasteiger partial charge in [-0.2, -0.15) is 5.26 Å². The van der Waals surface area contributed by atoms with E-state index in [1.54, 1.807) is 12.1 Å². The molecule has 0 spiro atoms. The van der Waals surface area contributed by atoms with Gasteiger partial charge in [0.2, 0.25) is 5.91 Å². The third-order valence-electron chi connectivity index (χ3n) is 6.64. The van der Waals surface area contributed by atoms with Crippen LogP contribution in [0.1, 0.15) is 31.0 Å². The van der Waals surface area contributed by atoms with Gasteiger partial charge in [-0.1, -0.05) is 25.6 Å². The van der Waals surface area contributed by atoms with Crippen molar-refractivity contribution in [2.45, 2.75) is 19.9 Å². The molecule has 1 atom stereocenters. The minimum Gasteiger partial charge on any atom is -0.377 e. The molecule has 0 radical (unpaired) electrons. The number of hydrogen-bond donors (Lipinski definition) is 3. The maximum Gasteiger partial charge on any atom is 0.247 e. The molecule has 3 aromatic rings. The van der Waals surface area contributed by atoms with Crippen LogP contribution in [0.2, 0.25) is 0 Å². The Hall–Kier alpha value is -4.42. The normalized spacial score (nSPS) is 14.3. The summed E-state index contributed by atoms with van der Waals surface area (Å²) in [5.74, 6) is -0.157. The number of nitrogens with zero attached hydrogens (tertiary/aromatic N) is 4. The lowest BCUT2D eigenvalue weighted by atomic mass is 10.1. The summed E-state index contributed by atoms with van der Waals surface area (Å²) < 4.78 is 13.7. The molecule has 0 bridgehead atoms. The van der Waals surface area contributed by atoms with Crippen molar-refractivity contribution in [1.29, 1.82) is 5.26 Å². The Kier molecular flexibility index (Phi) is 8.56. The van der Waals surface area contributed by atoms with Crippen LogP contribution in [0.15, 0.2) is 67.4 Å². The van der Waals surface area contributed by atoms with Gasteiger partial charge < -0.3 is 25.8 Å². The average molecular weight is 514 g/mol. The van der Waals surface area contributed by atoms with Gasteiger partial charge >= 0.3 is 0 Å². The lowest BCUT2D eigenvalue weighted by molar-refractivity contribution is -0.111. The number of carbonyl (C=O) groups is 1. The highest BCUT2D eigenvalue weighted by atomic mass is 19.1. The summed E-state index contributed by atoms with van der Waals surface area (Å²) in [5.41, 5.74) is 3.94. The predicted octanol–water partition coefficient (Wildman–Crippen LogP) is 5.28. The monoisotopic (exact) mass is 513 g/mol. The summed E-state index contributed by atoms with van der Waals surface area (Å²) >= 11 is 0. The van der Waals surface area contributed by atoms with E-state index < -0.39 is 0 Å². The van der Waals surface area contributed by atoms with Crippen molar-refractivity contribution in [3.8, 4) is 6.07 Å². The van der Waals surface area contributed by atoms with Crippen LogP contribution in [-0.2, 0) is 4.79 Å². The molecule has 1 fully saturated rings. The van der Waals surface area contributed by atoms with Crippen LogP contribution in [0, 0.1) is 17.1 Å². The molecular weight excluding hydrogens is 481 g/mol. The van der Waals surface area contributed by atoms with Crippen molar-refractivity contribution in [1.82, 2.24) is 9.88 Å². The smallest absolute Gasteiger partial charge is 0.247 e. The number of likely N-dealkylation sites (N-methyl/N-ethyl adjacent to an activating group) is 1. The van der Waals surface area contributed by atoms with Crippen LogP contribution in [0.5, 0.6) is 0 Å². The first kappa shape index (κ1) is 26.6. The Morgan fingerprint density at radius 3 is 2.63 bits per heavy atom. The number of anilines is 5. The van der Waals surface area contributed by atoms with Crippen molar-refractivity contribution in [2.24, 2.45) is 0 Å². The Bertz CT molecular complexity index is 1340. The molecule has 1 aliphatic rings. The standard InChI is InChI=1S/C29H32FN7O/c1-4-29(38)35-27-16-24(37-13-11-36(5-2)12-14-37)9-10-25(27)34-28-17-26(22(18-31)19-32-28)33-20(3)21-7-6-8-23(30)15-21/h4,6-10,15-17,19-20H,1,5,11-14H2,2-3H3,(H,35,38)(H2,32,33,34). The van der Waals surface area contributed by atoms with E-state index in [9.17, 15) is 14.4 Å². The average Bonchev–Trinajstić information content (AvgIpc) is 2.94. The van der Waals surface area contributed by atoms with E-state index in [0.717, 1.165) is 44.0 Å². The van der Waals surface area contributed by atoms with E-state index in [-0.39, 0.29) is 17.8 Å². The fourth-order valence-corrected chi connectivity index (χ4v) is 4.41. The molecule has 196 valence electrons. The number of nitriles is 1. The van der Waals surface area contributed by atoms with Crippen LogP contribution in [-0.4, -0.2) is 48.5 Å². The summed E-state index contributed by atoms with van der Waals surface area (Å²) in [4.78, 5) is 21.3. The lowest BCUT2D eigenvalue weighted by Gasteiger charge is -2.35. The topological polar surface area (TPSA) is 96.3 Å². The van der Waals surface area contributed by atoms with Crippen LogP contribution >= 0.6 is 0 Å². The van der Waals surface area contributed by atoms with E-state index in [0.29, 0.717) is 28.4 Å². The number of rotatable bonds is 9. The molecule has 1 aliphatic heterocycles. The largest absolute Gasteiger partial charge is 0.377 e. The van der Waals surface area contributed by atoms with E-state index in [1.807, 2.05) is 31.2 Å². The van der Waals surface area contributed by atoms with Gasteiger partial charge in [-0.25, -0.2) is 9.37 Å². The second-order valence-electron chi connectivity index (χ2n) is 9.12. The number of benzene rings is 2. The fraction of sp³-hybridized carbons (Fsp3) is 0.276. The number of piperazine rings is 1. The van der Waals surface area contributed by atoms with Crippen LogP contribution < -0.4 is 20.9 Å². The molecule has 1 unspecified atom stereocenters. The van der Waals surface area contributed by atoms with E-state index in [1.165, 1.54) is 24.4 Å². The van der Waals surface area contributed by atoms with Crippen molar-refractivity contribution >= 4 is 34.5 Å². The van der Waals surface area contributed by atoms with E-state index in [4.69, 9.17) is 0 Å². The second kappa shape index (κ2) is 12.2. The van der Waals surface area contributed by atoms with Gasteiger partial charge in [-0.3, -0.25) is 4.79 Å². The Morgan fingerprint density at radius 1 is 1.16 bits per heavy atom. The zero-order chi connectivity index (χ0) is 27.1. The third-order valence-corrected chi connectivity index (χ3v) is 6.64. The summed E-state index contributed by atoms with van der Waals surface area (Å²) in [6.07, 6.45) is 2.71. The number of amides is 1. The van der Waals surface area contributed by atoms with Gasteiger partial charge in [0, 0.05) is 50.2 Å². The molecule has 1 saturated heterocycles. The zero-order valence-electron chi connectivity index (χ0n) is 21.7. The highest BCUT2D eigenvalue weighted by Gasteiger charge is 2.18. The summed E-state index contributed by atoms with van der Waals surface area (Å²) in [7, 11) is 0. The minimum absolute atomic E-state index is 0.247. The van der Waals surface area contributed by atoms with Crippen molar-refractivity contribution in [3.05, 3.63) is 84.3 Å². The molecule has 8 nitrogen and oxygen atoms in total. The summed E-state index contributed by atoms with van der Waals surface area (Å²) in [6.45, 7) is 12.5. The number of carbonyl (C=O) groups excluding carboxylic acids is 1. The minimum atomic E-state index is -0.321. The van der Waals surface area contributed by atoms with E-state index >= 15 is 0 Å². The van der Waals surface area contributed by atoms with Crippen LogP contribution in [0.4, 0.5) is 33.0 Å². The first-order chi connectivity index (χ1) is 18.4. The molecule has 0 aliphatic carbocycles. The van der Waals surface area contributed by atoms with Gasteiger partial charge in [-0.05, 0) is 55.4 Å². The van der Waals surface area contributed by atoms with Gasteiger partial charge in [0.25, 0.3) is 0 Å². The predicted molar refractivity (Wildman–Crippen MR) is 150 cm³/mol. The molecule has 2 aromatic carbocycles. The Balaban J connectivity index is 1.58. The maximum atomic E-state index is 13.7. The molecule has 38 heavy (non-hydrogen) atoms. The van der Waals surface area contributed by atoms with Gasteiger partial charge in [0.1, 0.15) is 17.7 Å². The highest BCUT2D eigenvalue weighted by Crippen LogP contribution is 2.32. The molecule has 2 heterocycles. The van der Waals surface area contributed by atoms with Crippen molar-refractivity contribution in [2.75, 3.05) is 53.6 Å². The van der Waals surface area contributed by atoms with Crippen molar-refractivity contribution in [3.63, 3.8) is 0 Å². The summed E-state index contributed by atoms with van der Waals surface area (Å²) in [6, 6.07) is 15.8. The number of pyridine rings is 1. The van der Waals surface area contributed by atoms with Crippen LogP contribution in [0.3, 0.4) is 0 Å². The maximum absolute atomic E-state index is 13.7. The number of aromatic nitrogens is 1. The van der Waals surface area contributed by atoms with Crippen molar-refractivity contribution < 1.29 is 9.18 Å². The molecule has 4 rings (SSSR count). The zero-order valence-corrected chi connectivity index (χ0v) is 21.7. The molecule has 1 amide bonds. The summed E-state index contributed by atoms with van der Waals surface area (Å²) in [5, 5.41) is 19.0. The van der Waals surface area contributed by atoms with Gasteiger partial charge in [-0.15, -0.1) is 0 Å². The van der Waals surface area contributed by atoms with Crippen LogP contribution in [0.25, 0.3) is 0 Å². The number of nitrogens with one attached hydrogen (secondary N) is 3.